The van der Waals surface area contributed by atoms with E-state index in [1.807, 2.05) is 37.3 Å². The summed E-state index contributed by atoms with van der Waals surface area (Å²) in [6.45, 7) is 2.35. The van der Waals surface area contributed by atoms with E-state index in [-0.39, 0.29) is 5.91 Å². The maximum absolute atomic E-state index is 12.3. The van der Waals surface area contributed by atoms with Crippen molar-refractivity contribution in [3.8, 4) is 11.6 Å². The van der Waals surface area contributed by atoms with Gasteiger partial charge in [-0.25, -0.2) is 0 Å². The Morgan fingerprint density at radius 2 is 2.20 bits per heavy atom. The largest absolute Gasteiger partial charge is 0.489 e. The Morgan fingerprint density at radius 1 is 1.32 bits per heavy atom. The van der Waals surface area contributed by atoms with Gasteiger partial charge in [-0.2, -0.15) is 4.37 Å². The van der Waals surface area contributed by atoms with Gasteiger partial charge in [0, 0.05) is 29.0 Å². The Hall–Kier alpha value is -2.93. The number of aryl methyl sites for hydroxylation is 1. The van der Waals surface area contributed by atoms with Crippen molar-refractivity contribution in [3.63, 3.8) is 0 Å². The molecule has 128 valence electrons. The van der Waals surface area contributed by atoms with Crippen molar-refractivity contribution in [2.75, 3.05) is 12.4 Å². The van der Waals surface area contributed by atoms with Crippen LogP contribution < -0.4 is 14.8 Å². The second-order valence-electron chi connectivity index (χ2n) is 5.32. The van der Waals surface area contributed by atoms with Crippen LogP contribution in [0, 0.1) is 6.92 Å². The molecule has 3 rings (SSSR count). The lowest BCUT2D eigenvalue weighted by molar-refractivity contribution is 0.102. The zero-order chi connectivity index (χ0) is 17.6. The summed E-state index contributed by atoms with van der Waals surface area (Å²) < 4.78 is 14.9. The van der Waals surface area contributed by atoms with E-state index in [4.69, 9.17) is 9.47 Å². The van der Waals surface area contributed by atoms with Gasteiger partial charge < -0.3 is 14.8 Å². The van der Waals surface area contributed by atoms with Gasteiger partial charge >= 0.3 is 0 Å². The van der Waals surface area contributed by atoms with Crippen LogP contribution in [0.1, 0.15) is 21.5 Å². The first kappa shape index (κ1) is 16.9. The van der Waals surface area contributed by atoms with Crippen molar-refractivity contribution in [2.24, 2.45) is 0 Å². The Labute approximate surface area is 149 Å². The van der Waals surface area contributed by atoms with Crippen LogP contribution in [0.5, 0.6) is 11.6 Å². The standard InChI is InChI=1S/C18H17N3O3S/c1-12-8-14(24-10-13-4-3-7-19-9-13)5-6-16(12)20-17(22)15-11-25-21-18(15)23-2/h3-9,11H,10H2,1-2H3,(H,20,22). The fourth-order valence-electron chi connectivity index (χ4n) is 2.23. The molecule has 1 amide bonds. The summed E-state index contributed by atoms with van der Waals surface area (Å²) in [5, 5.41) is 4.53. The summed E-state index contributed by atoms with van der Waals surface area (Å²) in [5.41, 5.74) is 3.03. The van der Waals surface area contributed by atoms with Gasteiger partial charge in [0.25, 0.3) is 5.91 Å². The molecule has 1 aromatic carbocycles. The molecule has 2 aromatic heterocycles. The summed E-state index contributed by atoms with van der Waals surface area (Å²) >= 11 is 1.18. The van der Waals surface area contributed by atoms with E-state index in [0.717, 1.165) is 16.9 Å². The average Bonchev–Trinajstić information content (AvgIpc) is 3.12. The van der Waals surface area contributed by atoms with Gasteiger partial charge in [0.1, 0.15) is 17.9 Å². The second kappa shape index (κ2) is 7.76. The average molecular weight is 355 g/mol. The molecule has 7 heteroatoms. The SMILES string of the molecule is COc1nscc1C(=O)Nc1ccc(OCc2cccnc2)cc1C. The zero-order valence-electron chi connectivity index (χ0n) is 13.9. The third-order valence-electron chi connectivity index (χ3n) is 3.55. The lowest BCUT2D eigenvalue weighted by atomic mass is 10.2. The van der Waals surface area contributed by atoms with Gasteiger partial charge in [0.15, 0.2) is 0 Å². The first-order valence-electron chi connectivity index (χ1n) is 7.59. The van der Waals surface area contributed by atoms with Gasteiger partial charge in [-0.1, -0.05) is 6.07 Å². The molecular weight excluding hydrogens is 338 g/mol. The van der Waals surface area contributed by atoms with E-state index < -0.39 is 0 Å². The van der Waals surface area contributed by atoms with E-state index >= 15 is 0 Å². The first-order chi connectivity index (χ1) is 12.2. The molecule has 0 aliphatic heterocycles. The fourth-order valence-corrected chi connectivity index (χ4v) is 2.86. The van der Waals surface area contributed by atoms with Crippen molar-refractivity contribution in [1.29, 1.82) is 0 Å². The van der Waals surface area contributed by atoms with Crippen molar-refractivity contribution in [3.05, 3.63) is 64.8 Å². The molecule has 0 spiro atoms. The number of hydrogen-bond donors (Lipinski definition) is 1. The van der Waals surface area contributed by atoms with Crippen LogP contribution in [0.3, 0.4) is 0 Å². The summed E-state index contributed by atoms with van der Waals surface area (Å²) in [5.74, 6) is 0.809. The van der Waals surface area contributed by atoms with Crippen molar-refractivity contribution < 1.29 is 14.3 Å². The van der Waals surface area contributed by atoms with Crippen LogP contribution in [0.2, 0.25) is 0 Å². The molecule has 3 aromatic rings. The van der Waals surface area contributed by atoms with E-state index in [9.17, 15) is 4.79 Å². The van der Waals surface area contributed by atoms with Crippen LogP contribution in [-0.2, 0) is 6.61 Å². The number of nitrogens with one attached hydrogen (secondary N) is 1. The smallest absolute Gasteiger partial charge is 0.262 e. The molecule has 0 unspecified atom stereocenters. The van der Waals surface area contributed by atoms with Crippen molar-refractivity contribution in [1.82, 2.24) is 9.36 Å². The minimum Gasteiger partial charge on any atom is -0.489 e. The zero-order valence-corrected chi connectivity index (χ0v) is 14.7. The van der Waals surface area contributed by atoms with E-state index in [1.165, 1.54) is 18.6 Å². The third kappa shape index (κ3) is 4.13. The predicted molar refractivity (Wildman–Crippen MR) is 96.4 cm³/mol. The molecular formula is C18H17N3O3S. The Bertz CT molecular complexity index is 865. The van der Waals surface area contributed by atoms with Crippen LogP contribution in [0.15, 0.2) is 48.1 Å². The number of ether oxygens (including phenoxy) is 2. The lowest BCUT2D eigenvalue weighted by Gasteiger charge is -2.11. The number of methoxy groups -OCH3 is 1. The van der Waals surface area contributed by atoms with E-state index in [0.29, 0.717) is 23.7 Å². The Morgan fingerprint density at radius 3 is 2.92 bits per heavy atom. The van der Waals surface area contributed by atoms with Crippen LogP contribution in [0.4, 0.5) is 5.69 Å². The van der Waals surface area contributed by atoms with Gasteiger partial charge in [0.2, 0.25) is 5.88 Å². The number of amides is 1. The van der Waals surface area contributed by atoms with Gasteiger partial charge in [-0.3, -0.25) is 9.78 Å². The molecule has 0 aliphatic rings. The highest BCUT2D eigenvalue weighted by molar-refractivity contribution is 7.04. The van der Waals surface area contributed by atoms with E-state index in [2.05, 4.69) is 14.7 Å². The van der Waals surface area contributed by atoms with Gasteiger partial charge in [-0.15, -0.1) is 0 Å². The molecule has 0 saturated carbocycles. The molecule has 0 fully saturated rings. The highest BCUT2D eigenvalue weighted by Crippen LogP contribution is 2.25. The Balaban J connectivity index is 1.66. The number of benzene rings is 1. The molecule has 6 nitrogen and oxygen atoms in total. The maximum atomic E-state index is 12.3. The molecule has 0 bridgehead atoms. The number of carbonyl (C=O) groups excluding carboxylic acids is 1. The fraction of sp³-hybridized carbons (Fsp3) is 0.167. The number of nitrogens with zero attached hydrogens (tertiary/aromatic N) is 2. The highest BCUT2D eigenvalue weighted by Gasteiger charge is 2.16. The van der Waals surface area contributed by atoms with Crippen LogP contribution in [0.25, 0.3) is 0 Å². The molecule has 2 heterocycles. The number of rotatable bonds is 6. The summed E-state index contributed by atoms with van der Waals surface area (Å²) in [6.07, 6.45) is 3.49. The molecule has 1 N–H and O–H groups in total. The normalized spacial score (nSPS) is 10.3. The Kier molecular flexibility index (Phi) is 5.25. The van der Waals surface area contributed by atoms with Crippen LogP contribution >= 0.6 is 11.5 Å². The number of pyridine rings is 1. The van der Waals surface area contributed by atoms with Crippen molar-refractivity contribution >= 4 is 23.1 Å². The van der Waals surface area contributed by atoms with Crippen LogP contribution in [-0.4, -0.2) is 22.4 Å². The highest BCUT2D eigenvalue weighted by atomic mass is 32.1. The molecule has 0 saturated heterocycles. The minimum atomic E-state index is -0.252. The predicted octanol–water partition coefficient (Wildman–Crippen LogP) is 3.69. The second-order valence-corrected chi connectivity index (χ2v) is 5.95. The number of hydrogen-bond acceptors (Lipinski definition) is 6. The summed E-state index contributed by atoms with van der Waals surface area (Å²) in [7, 11) is 1.49. The van der Waals surface area contributed by atoms with Gasteiger partial charge in [0.05, 0.1) is 7.11 Å². The first-order valence-corrected chi connectivity index (χ1v) is 8.43. The monoisotopic (exact) mass is 355 g/mol. The summed E-state index contributed by atoms with van der Waals surface area (Å²) in [4.78, 5) is 16.4. The summed E-state index contributed by atoms with van der Waals surface area (Å²) in [6, 6.07) is 9.35. The number of aromatic nitrogens is 2. The minimum absolute atomic E-state index is 0.252. The van der Waals surface area contributed by atoms with E-state index in [1.54, 1.807) is 17.8 Å². The topological polar surface area (TPSA) is 73.3 Å². The molecule has 0 atom stereocenters. The van der Waals surface area contributed by atoms with Gasteiger partial charge in [-0.05, 0) is 48.3 Å². The number of anilines is 1. The molecule has 0 radical (unpaired) electrons. The van der Waals surface area contributed by atoms with Crippen molar-refractivity contribution in [2.45, 2.75) is 13.5 Å². The maximum Gasteiger partial charge on any atom is 0.262 e. The lowest BCUT2D eigenvalue weighted by Crippen LogP contribution is -2.13. The third-order valence-corrected chi connectivity index (χ3v) is 4.16. The number of carbonyl (C=O) groups is 1. The quantitative estimate of drug-likeness (QED) is 0.730. The molecule has 25 heavy (non-hydrogen) atoms. The molecule has 0 aliphatic carbocycles.